The number of alkyl halides is 3. The van der Waals surface area contributed by atoms with E-state index in [2.05, 4.69) is 5.32 Å². The van der Waals surface area contributed by atoms with Crippen molar-refractivity contribution in [2.75, 3.05) is 25.0 Å². The maximum absolute atomic E-state index is 12.8. The zero-order valence-corrected chi connectivity index (χ0v) is 16.5. The number of ether oxygens (including phenoxy) is 1. The van der Waals surface area contributed by atoms with Crippen LogP contribution >= 0.6 is 0 Å². The molecule has 0 radical (unpaired) electrons. The maximum atomic E-state index is 12.8. The Labute approximate surface area is 162 Å². The highest BCUT2D eigenvalue weighted by atomic mass is 32.2. The zero-order chi connectivity index (χ0) is 20.9. The van der Waals surface area contributed by atoms with Crippen LogP contribution in [0.4, 0.5) is 18.9 Å². The number of carbonyl (C=O) groups excluding carboxylic acids is 1. The van der Waals surface area contributed by atoms with Crippen LogP contribution in [0.1, 0.15) is 33.1 Å². The monoisotopic (exact) mass is 420 g/mol. The van der Waals surface area contributed by atoms with E-state index in [1.807, 2.05) is 0 Å². The van der Waals surface area contributed by atoms with Crippen LogP contribution in [0.5, 0.6) is 5.75 Å². The first-order valence-electron chi connectivity index (χ1n) is 8.79. The first-order valence-corrected chi connectivity index (χ1v) is 10.2. The van der Waals surface area contributed by atoms with Gasteiger partial charge >= 0.3 is 6.18 Å². The van der Waals surface area contributed by atoms with Crippen molar-refractivity contribution in [1.82, 2.24) is 4.31 Å². The summed E-state index contributed by atoms with van der Waals surface area (Å²) in [5, 5.41) is 2.40. The van der Waals surface area contributed by atoms with Crippen molar-refractivity contribution in [3.63, 3.8) is 0 Å². The Kier molecular flexibility index (Phi) is 7.11. The number of halogens is 3. The number of hydrogen-bond acceptors (Lipinski definition) is 4. The molecule has 1 aromatic rings. The molecule has 0 bridgehead atoms. The minimum Gasteiger partial charge on any atom is -0.482 e. The summed E-state index contributed by atoms with van der Waals surface area (Å²) in [6.07, 6.45) is -0.883. The molecule has 1 heterocycles. The van der Waals surface area contributed by atoms with E-state index in [-0.39, 0.29) is 16.3 Å². The lowest BCUT2D eigenvalue weighted by Gasteiger charge is -2.26. The van der Waals surface area contributed by atoms with E-state index in [1.165, 1.54) is 16.4 Å². The second-order valence-corrected chi connectivity index (χ2v) is 8.68. The average Bonchev–Trinajstić information content (AvgIpc) is 2.59. The summed E-state index contributed by atoms with van der Waals surface area (Å²) >= 11 is 0. The number of rotatable bonds is 6. The van der Waals surface area contributed by atoms with E-state index in [4.69, 9.17) is 4.74 Å². The number of nitrogens with zero attached hydrogens (tertiary/aromatic N) is 1. The van der Waals surface area contributed by atoms with Gasteiger partial charge in [0.15, 0.2) is 6.61 Å². The molecule has 0 aliphatic carbocycles. The third-order valence-electron chi connectivity index (χ3n) is 3.97. The highest BCUT2D eigenvalue weighted by molar-refractivity contribution is 7.89. The van der Waals surface area contributed by atoms with E-state index in [0.29, 0.717) is 18.7 Å². The van der Waals surface area contributed by atoms with Gasteiger partial charge in [0.2, 0.25) is 15.9 Å². The molecule has 10 heteroatoms. The summed E-state index contributed by atoms with van der Waals surface area (Å²) in [6, 6.07) is 3.44. The van der Waals surface area contributed by atoms with Gasteiger partial charge in [0.05, 0.1) is 10.6 Å². The van der Waals surface area contributed by atoms with Gasteiger partial charge in [0.25, 0.3) is 0 Å². The number of anilines is 1. The van der Waals surface area contributed by atoms with Crippen LogP contribution in [-0.2, 0) is 14.8 Å². The molecule has 1 aliphatic rings. The SMILES string of the molecule is CC(C)=CC(=O)Nc1cc(S(=O)(=O)N2CCCCC2)ccc1OCC(F)(F)F. The fourth-order valence-electron chi connectivity index (χ4n) is 2.74. The zero-order valence-electron chi connectivity index (χ0n) is 15.7. The molecule has 0 saturated carbocycles. The van der Waals surface area contributed by atoms with Gasteiger partial charge in [-0.3, -0.25) is 4.79 Å². The fraction of sp³-hybridized carbons (Fsp3) is 0.500. The lowest BCUT2D eigenvalue weighted by atomic mass is 10.2. The summed E-state index contributed by atoms with van der Waals surface area (Å²) in [5.74, 6) is -0.852. The maximum Gasteiger partial charge on any atom is 0.422 e. The molecule has 0 atom stereocenters. The van der Waals surface area contributed by atoms with Gasteiger partial charge in [-0.2, -0.15) is 17.5 Å². The Morgan fingerprint density at radius 2 is 1.86 bits per heavy atom. The van der Waals surface area contributed by atoms with Crippen molar-refractivity contribution >= 4 is 21.6 Å². The molecule has 28 heavy (non-hydrogen) atoms. The van der Waals surface area contributed by atoms with Gasteiger partial charge in [-0.25, -0.2) is 8.42 Å². The molecule has 1 aliphatic heterocycles. The van der Waals surface area contributed by atoms with E-state index >= 15 is 0 Å². The molecule has 1 aromatic carbocycles. The van der Waals surface area contributed by atoms with Gasteiger partial charge in [0.1, 0.15) is 5.75 Å². The molecule has 0 unspecified atom stereocenters. The van der Waals surface area contributed by atoms with Crippen molar-refractivity contribution in [3.05, 3.63) is 29.8 Å². The standard InChI is InChI=1S/C18H23F3N2O4S/c1-13(2)10-17(24)22-15-11-14(6-7-16(15)27-12-18(19,20)21)28(25,26)23-8-4-3-5-9-23/h6-7,10-11H,3-5,8-9,12H2,1-2H3,(H,22,24). The van der Waals surface area contributed by atoms with Crippen LogP contribution in [0.15, 0.2) is 34.7 Å². The lowest BCUT2D eigenvalue weighted by molar-refractivity contribution is -0.153. The first-order chi connectivity index (χ1) is 13.0. The minimum absolute atomic E-state index is 0.110. The van der Waals surface area contributed by atoms with Crippen molar-refractivity contribution in [2.24, 2.45) is 0 Å². The van der Waals surface area contributed by atoms with Gasteiger partial charge in [-0.05, 0) is 44.9 Å². The highest BCUT2D eigenvalue weighted by Crippen LogP contribution is 2.31. The van der Waals surface area contributed by atoms with Crippen molar-refractivity contribution in [3.8, 4) is 5.75 Å². The molecule has 0 spiro atoms. The average molecular weight is 420 g/mol. The molecule has 2 rings (SSSR count). The Balaban J connectivity index is 2.36. The first kappa shape index (κ1) is 22.2. The smallest absolute Gasteiger partial charge is 0.422 e. The van der Waals surface area contributed by atoms with Crippen LogP contribution < -0.4 is 10.1 Å². The van der Waals surface area contributed by atoms with Crippen LogP contribution in [-0.4, -0.2) is 44.5 Å². The van der Waals surface area contributed by atoms with E-state index in [0.717, 1.165) is 31.4 Å². The molecule has 1 saturated heterocycles. The van der Waals surface area contributed by atoms with Crippen LogP contribution in [0.25, 0.3) is 0 Å². The predicted octanol–water partition coefficient (Wildman–Crippen LogP) is 3.71. The van der Waals surface area contributed by atoms with Gasteiger partial charge in [-0.1, -0.05) is 12.0 Å². The van der Waals surface area contributed by atoms with Gasteiger partial charge in [0, 0.05) is 19.2 Å². The molecule has 156 valence electrons. The second kappa shape index (κ2) is 8.95. The summed E-state index contributed by atoms with van der Waals surface area (Å²) in [4.78, 5) is 11.9. The summed E-state index contributed by atoms with van der Waals surface area (Å²) in [7, 11) is -3.81. The van der Waals surface area contributed by atoms with E-state index in [9.17, 15) is 26.4 Å². The molecular formula is C18H23F3N2O4S. The summed E-state index contributed by atoms with van der Waals surface area (Å²) < 4.78 is 69.2. The van der Waals surface area contributed by atoms with Crippen LogP contribution in [0, 0.1) is 0 Å². The number of benzene rings is 1. The predicted molar refractivity (Wildman–Crippen MR) is 98.7 cm³/mol. The lowest BCUT2D eigenvalue weighted by Crippen LogP contribution is -2.35. The molecule has 1 N–H and O–H groups in total. The third-order valence-corrected chi connectivity index (χ3v) is 5.87. The molecule has 1 fully saturated rings. The van der Waals surface area contributed by atoms with Gasteiger partial charge in [-0.15, -0.1) is 0 Å². The number of amides is 1. The quantitative estimate of drug-likeness (QED) is 0.712. The Morgan fingerprint density at radius 1 is 1.21 bits per heavy atom. The number of sulfonamides is 1. The summed E-state index contributed by atoms with van der Waals surface area (Å²) in [5.41, 5.74) is 0.539. The Hall–Kier alpha value is -2.07. The molecular weight excluding hydrogens is 397 g/mol. The van der Waals surface area contributed by atoms with Gasteiger partial charge < -0.3 is 10.1 Å². The largest absolute Gasteiger partial charge is 0.482 e. The van der Waals surface area contributed by atoms with Crippen LogP contribution in [0.2, 0.25) is 0 Å². The second-order valence-electron chi connectivity index (χ2n) is 6.74. The van der Waals surface area contributed by atoms with E-state index < -0.39 is 28.7 Å². The molecule has 6 nitrogen and oxygen atoms in total. The Bertz CT molecular complexity index is 841. The van der Waals surface area contributed by atoms with Crippen molar-refractivity contribution in [2.45, 2.75) is 44.2 Å². The van der Waals surface area contributed by atoms with Crippen LogP contribution in [0.3, 0.4) is 0 Å². The fourth-order valence-corrected chi connectivity index (χ4v) is 4.28. The van der Waals surface area contributed by atoms with Crippen molar-refractivity contribution in [1.29, 1.82) is 0 Å². The summed E-state index contributed by atoms with van der Waals surface area (Å²) in [6.45, 7) is 2.56. The minimum atomic E-state index is -4.57. The number of allylic oxidation sites excluding steroid dienone is 1. The Morgan fingerprint density at radius 3 is 2.43 bits per heavy atom. The number of hydrogen-bond donors (Lipinski definition) is 1. The number of carbonyl (C=O) groups is 1. The normalized spacial score (nSPS) is 15.8. The molecule has 1 amide bonds. The third kappa shape index (κ3) is 6.23. The molecule has 0 aromatic heterocycles. The number of nitrogens with one attached hydrogen (secondary N) is 1. The number of piperidine rings is 1. The topological polar surface area (TPSA) is 75.7 Å². The van der Waals surface area contributed by atoms with Crippen molar-refractivity contribution < 1.29 is 31.1 Å². The highest BCUT2D eigenvalue weighted by Gasteiger charge is 2.30. The van der Waals surface area contributed by atoms with E-state index in [1.54, 1.807) is 13.8 Å².